The van der Waals surface area contributed by atoms with Gasteiger partial charge in [0.05, 0.1) is 11.1 Å². The number of carboxylic acids is 1. The molecule has 108 valence electrons. The van der Waals surface area contributed by atoms with Gasteiger partial charge in [-0.25, -0.2) is 18.2 Å². The Bertz CT molecular complexity index is 773. The van der Waals surface area contributed by atoms with Crippen LogP contribution in [0.15, 0.2) is 53.8 Å². The summed E-state index contributed by atoms with van der Waals surface area (Å²) in [5.74, 6) is -1.01. The van der Waals surface area contributed by atoms with Gasteiger partial charge in [-0.15, -0.1) is 0 Å². The first-order valence-electron chi connectivity index (χ1n) is 5.77. The molecule has 0 aliphatic rings. The number of benzene rings is 1. The van der Waals surface area contributed by atoms with E-state index in [9.17, 15) is 13.2 Å². The zero-order chi connectivity index (χ0) is 15.3. The molecular weight excluding hydrogens is 294 g/mol. The molecule has 0 atom stereocenters. The summed E-state index contributed by atoms with van der Waals surface area (Å²) in [7, 11) is -3.81. The molecule has 0 spiro atoms. The third-order valence-electron chi connectivity index (χ3n) is 2.39. The highest BCUT2D eigenvalue weighted by Gasteiger charge is 2.14. The highest BCUT2D eigenvalue weighted by Crippen LogP contribution is 2.15. The normalized spacial score (nSPS) is 11.4. The van der Waals surface area contributed by atoms with Crippen LogP contribution in [-0.4, -0.2) is 29.5 Å². The monoisotopic (exact) mass is 305 g/mol. The van der Waals surface area contributed by atoms with Crippen molar-refractivity contribution in [2.45, 2.75) is 4.90 Å². The van der Waals surface area contributed by atoms with Crippen LogP contribution in [0.1, 0.15) is 5.56 Å². The lowest BCUT2D eigenvalue weighted by Gasteiger charge is -2.07. The quantitative estimate of drug-likeness (QED) is 0.808. The van der Waals surface area contributed by atoms with Gasteiger partial charge in [-0.05, 0) is 23.8 Å². The summed E-state index contributed by atoms with van der Waals surface area (Å²) in [4.78, 5) is 18.1. The maximum atomic E-state index is 12.2. The maximum Gasteiger partial charge on any atom is 0.328 e. The molecule has 8 heteroatoms. The number of aromatic nitrogens is 2. The standard InChI is InChI=1S/C13H11N3O4S/c17-13(18)5-4-10-2-1-3-11(8-10)21(19,20)16-12-9-14-6-7-15-12/h1-9H,(H,15,16)(H,17,18). The van der Waals surface area contributed by atoms with Crippen LogP contribution in [-0.2, 0) is 14.8 Å². The number of rotatable bonds is 5. The molecule has 1 aromatic carbocycles. The Morgan fingerprint density at radius 1 is 1.29 bits per heavy atom. The van der Waals surface area contributed by atoms with Crippen LogP contribution in [0.25, 0.3) is 6.08 Å². The first kappa shape index (κ1) is 14.7. The maximum absolute atomic E-state index is 12.2. The minimum Gasteiger partial charge on any atom is -0.478 e. The van der Waals surface area contributed by atoms with Gasteiger partial charge in [0.15, 0.2) is 5.82 Å². The number of carbonyl (C=O) groups is 1. The van der Waals surface area contributed by atoms with Crippen molar-refractivity contribution >= 4 is 27.9 Å². The molecule has 1 aromatic heterocycles. The van der Waals surface area contributed by atoms with Gasteiger partial charge < -0.3 is 5.11 Å². The molecule has 0 saturated carbocycles. The summed E-state index contributed by atoms with van der Waals surface area (Å²) in [6.07, 6.45) is 6.32. The average molecular weight is 305 g/mol. The third kappa shape index (κ3) is 4.11. The number of anilines is 1. The molecule has 2 aromatic rings. The van der Waals surface area contributed by atoms with Crippen LogP contribution in [0.2, 0.25) is 0 Å². The Balaban J connectivity index is 2.28. The second kappa shape index (κ2) is 6.14. The van der Waals surface area contributed by atoms with Crippen molar-refractivity contribution in [3.8, 4) is 0 Å². The predicted octanol–water partition coefficient (Wildman–Crippen LogP) is 1.38. The Morgan fingerprint density at radius 3 is 2.76 bits per heavy atom. The van der Waals surface area contributed by atoms with E-state index in [-0.39, 0.29) is 10.7 Å². The zero-order valence-electron chi connectivity index (χ0n) is 10.7. The average Bonchev–Trinajstić information content (AvgIpc) is 2.46. The van der Waals surface area contributed by atoms with E-state index in [1.54, 1.807) is 6.07 Å². The molecule has 0 aliphatic carbocycles. The van der Waals surface area contributed by atoms with Crippen molar-refractivity contribution in [2.24, 2.45) is 0 Å². The predicted molar refractivity (Wildman–Crippen MR) is 76.0 cm³/mol. The number of aliphatic carboxylic acids is 1. The molecule has 0 unspecified atom stereocenters. The van der Waals surface area contributed by atoms with Crippen LogP contribution < -0.4 is 4.72 Å². The third-order valence-corrected chi connectivity index (χ3v) is 3.74. The van der Waals surface area contributed by atoms with E-state index in [4.69, 9.17) is 5.11 Å². The van der Waals surface area contributed by atoms with Crippen LogP contribution in [0.4, 0.5) is 5.82 Å². The summed E-state index contributed by atoms with van der Waals surface area (Å²) < 4.78 is 26.6. The van der Waals surface area contributed by atoms with Crippen molar-refractivity contribution in [2.75, 3.05) is 4.72 Å². The summed E-state index contributed by atoms with van der Waals surface area (Å²) >= 11 is 0. The molecule has 0 amide bonds. The van der Waals surface area contributed by atoms with Gasteiger partial charge in [0.25, 0.3) is 10.0 Å². The lowest BCUT2D eigenvalue weighted by molar-refractivity contribution is -0.131. The van der Waals surface area contributed by atoms with Gasteiger partial charge in [0.1, 0.15) is 0 Å². The molecule has 1 heterocycles. The van der Waals surface area contributed by atoms with Crippen molar-refractivity contribution in [1.82, 2.24) is 9.97 Å². The Labute approximate surface area is 121 Å². The topological polar surface area (TPSA) is 109 Å². The fraction of sp³-hybridized carbons (Fsp3) is 0. The highest BCUT2D eigenvalue weighted by atomic mass is 32.2. The lowest BCUT2D eigenvalue weighted by Crippen LogP contribution is -2.14. The van der Waals surface area contributed by atoms with E-state index in [0.717, 1.165) is 6.08 Å². The molecule has 2 rings (SSSR count). The van der Waals surface area contributed by atoms with E-state index in [1.807, 2.05) is 0 Å². The molecule has 0 radical (unpaired) electrons. The molecule has 2 N–H and O–H groups in total. The molecule has 0 fully saturated rings. The molecule has 21 heavy (non-hydrogen) atoms. The molecule has 0 saturated heterocycles. The lowest BCUT2D eigenvalue weighted by atomic mass is 10.2. The van der Waals surface area contributed by atoms with E-state index < -0.39 is 16.0 Å². The highest BCUT2D eigenvalue weighted by molar-refractivity contribution is 7.92. The first-order chi connectivity index (χ1) is 9.97. The summed E-state index contributed by atoms with van der Waals surface area (Å²) in [6, 6.07) is 5.88. The number of nitrogens with zero attached hydrogens (tertiary/aromatic N) is 2. The second-order valence-electron chi connectivity index (χ2n) is 3.94. The number of hydrogen-bond acceptors (Lipinski definition) is 5. The van der Waals surface area contributed by atoms with Crippen molar-refractivity contribution in [3.05, 3.63) is 54.5 Å². The Morgan fingerprint density at radius 2 is 2.10 bits per heavy atom. The fourth-order valence-electron chi connectivity index (χ4n) is 1.50. The fourth-order valence-corrected chi connectivity index (χ4v) is 2.55. The van der Waals surface area contributed by atoms with Crippen LogP contribution in [0.3, 0.4) is 0 Å². The summed E-state index contributed by atoms with van der Waals surface area (Å²) in [5.41, 5.74) is 0.458. The van der Waals surface area contributed by atoms with E-state index in [2.05, 4.69) is 14.7 Å². The summed E-state index contributed by atoms with van der Waals surface area (Å²) in [5, 5.41) is 8.57. The van der Waals surface area contributed by atoms with Crippen LogP contribution in [0, 0.1) is 0 Å². The van der Waals surface area contributed by atoms with Gasteiger partial charge in [0.2, 0.25) is 0 Å². The number of nitrogens with one attached hydrogen (secondary N) is 1. The number of hydrogen-bond donors (Lipinski definition) is 2. The number of sulfonamides is 1. The first-order valence-corrected chi connectivity index (χ1v) is 7.25. The number of carboxylic acid groups (broad SMARTS) is 1. The van der Waals surface area contributed by atoms with Gasteiger partial charge in [-0.3, -0.25) is 9.71 Å². The van der Waals surface area contributed by atoms with Crippen LogP contribution in [0.5, 0.6) is 0 Å². The van der Waals surface area contributed by atoms with Gasteiger partial charge in [-0.2, -0.15) is 0 Å². The molecule has 7 nitrogen and oxygen atoms in total. The molecular formula is C13H11N3O4S. The van der Waals surface area contributed by atoms with Gasteiger partial charge >= 0.3 is 5.97 Å². The minimum atomic E-state index is -3.81. The Hall–Kier alpha value is -2.74. The second-order valence-corrected chi connectivity index (χ2v) is 5.62. The van der Waals surface area contributed by atoms with Crippen molar-refractivity contribution in [1.29, 1.82) is 0 Å². The van der Waals surface area contributed by atoms with Crippen molar-refractivity contribution in [3.63, 3.8) is 0 Å². The molecule has 0 bridgehead atoms. The van der Waals surface area contributed by atoms with Crippen LogP contribution >= 0.6 is 0 Å². The molecule has 0 aliphatic heterocycles. The smallest absolute Gasteiger partial charge is 0.328 e. The minimum absolute atomic E-state index is 0.000641. The van der Waals surface area contributed by atoms with Gasteiger partial charge in [0, 0.05) is 18.5 Å². The SMILES string of the molecule is O=C(O)C=Cc1cccc(S(=O)(=O)Nc2cnccn2)c1. The van der Waals surface area contributed by atoms with Crippen molar-refractivity contribution < 1.29 is 18.3 Å². The van der Waals surface area contributed by atoms with E-state index >= 15 is 0 Å². The summed E-state index contributed by atoms with van der Waals surface area (Å²) in [6.45, 7) is 0. The largest absolute Gasteiger partial charge is 0.478 e. The Kier molecular flexibility index (Phi) is 4.29. The zero-order valence-corrected chi connectivity index (χ0v) is 11.5. The van der Waals surface area contributed by atoms with Gasteiger partial charge in [-0.1, -0.05) is 12.1 Å². The van der Waals surface area contributed by atoms with E-state index in [1.165, 1.54) is 42.9 Å². The van der Waals surface area contributed by atoms with E-state index in [0.29, 0.717) is 5.56 Å².